The molecule has 0 saturated carbocycles. The number of esters is 1. The van der Waals surface area contributed by atoms with E-state index in [1.54, 1.807) is 60.7 Å². The average Bonchev–Trinajstić information content (AvgIpc) is 2.87. The minimum Gasteiger partial charge on any atom is -0.423 e. The fraction of sp³-hybridized carbons (Fsp3) is 0.0714. The molecule has 0 saturated heterocycles. The van der Waals surface area contributed by atoms with Gasteiger partial charge in [-0.1, -0.05) is 51.3 Å². The Hall–Kier alpha value is -3.27. The third kappa shape index (κ3) is 6.01. The first-order chi connectivity index (χ1) is 17.6. The van der Waals surface area contributed by atoms with E-state index in [1.807, 2.05) is 13.8 Å². The molecular formula is C28H21Br2NO5S. The van der Waals surface area contributed by atoms with Crippen molar-refractivity contribution in [2.75, 3.05) is 4.31 Å². The first-order valence-electron chi connectivity index (χ1n) is 11.1. The number of sulfonamides is 1. The second-order valence-electron chi connectivity index (χ2n) is 8.26. The van der Waals surface area contributed by atoms with E-state index in [4.69, 9.17) is 4.74 Å². The summed E-state index contributed by atoms with van der Waals surface area (Å²) in [5.41, 5.74) is 2.62. The zero-order valence-electron chi connectivity index (χ0n) is 19.8. The van der Waals surface area contributed by atoms with Gasteiger partial charge in [0.15, 0.2) is 0 Å². The Morgan fingerprint density at radius 2 is 1.27 bits per heavy atom. The Kier molecular flexibility index (Phi) is 7.96. The standard InChI is InChI=1S/C28H21Br2NO5S/c1-18-3-7-20(8-4-18)27(32)31(37(34,35)26-17-22(29)11-16-25(26)30)23-12-14-24(15-13-23)36-28(33)21-9-5-19(2)6-10-21/h3-17H,1-2H3. The molecule has 6 nitrogen and oxygen atoms in total. The molecule has 0 aliphatic heterocycles. The van der Waals surface area contributed by atoms with Gasteiger partial charge in [0, 0.05) is 14.5 Å². The molecule has 0 aliphatic carbocycles. The molecule has 0 spiro atoms. The van der Waals surface area contributed by atoms with Crippen LogP contribution in [0.25, 0.3) is 0 Å². The maximum absolute atomic E-state index is 13.8. The van der Waals surface area contributed by atoms with Crippen LogP contribution in [0.15, 0.2) is 105 Å². The lowest BCUT2D eigenvalue weighted by Crippen LogP contribution is -2.37. The van der Waals surface area contributed by atoms with Crippen molar-refractivity contribution in [3.8, 4) is 5.75 Å². The lowest BCUT2D eigenvalue weighted by Gasteiger charge is -2.24. The highest BCUT2D eigenvalue weighted by molar-refractivity contribution is 9.11. The van der Waals surface area contributed by atoms with Crippen molar-refractivity contribution in [3.63, 3.8) is 0 Å². The van der Waals surface area contributed by atoms with Gasteiger partial charge < -0.3 is 4.74 Å². The molecule has 9 heteroatoms. The van der Waals surface area contributed by atoms with E-state index in [1.165, 1.54) is 30.3 Å². The van der Waals surface area contributed by atoms with E-state index >= 15 is 0 Å². The number of hydrogen-bond acceptors (Lipinski definition) is 5. The molecule has 0 heterocycles. The summed E-state index contributed by atoms with van der Waals surface area (Å²) in [7, 11) is -4.35. The van der Waals surface area contributed by atoms with E-state index in [0.717, 1.165) is 15.4 Å². The molecule has 0 unspecified atom stereocenters. The number of benzene rings is 4. The second kappa shape index (κ2) is 11.0. The van der Waals surface area contributed by atoms with Gasteiger partial charge in [-0.05, 0) is 96.5 Å². The van der Waals surface area contributed by atoms with Crippen LogP contribution in [-0.2, 0) is 10.0 Å². The summed E-state index contributed by atoms with van der Waals surface area (Å²) < 4.78 is 34.7. The van der Waals surface area contributed by atoms with Crippen molar-refractivity contribution in [1.29, 1.82) is 0 Å². The summed E-state index contributed by atoms with van der Waals surface area (Å²) in [6.45, 7) is 3.79. The SMILES string of the molecule is Cc1ccc(C(=O)Oc2ccc(N(C(=O)c3ccc(C)cc3)S(=O)(=O)c3cc(Br)ccc3Br)cc2)cc1. The smallest absolute Gasteiger partial charge is 0.343 e. The minimum absolute atomic E-state index is 0.0859. The maximum Gasteiger partial charge on any atom is 0.343 e. The number of carbonyl (C=O) groups is 2. The van der Waals surface area contributed by atoms with E-state index in [-0.39, 0.29) is 21.9 Å². The van der Waals surface area contributed by atoms with Crippen molar-refractivity contribution in [2.45, 2.75) is 18.7 Å². The topological polar surface area (TPSA) is 80.8 Å². The lowest BCUT2D eigenvalue weighted by molar-refractivity contribution is 0.0734. The second-order valence-corrected chi connectivity index (χ2v) is 11.8. The Morgan fingerprint density at radius 1 is 0.730 bits per heavy atom. The Labute approximate surface area is 232 Å². The molecule has 37 heavy (non-hydrogen) atoms. The molecule has 0 aromatic heterocycles. The lowest BCUT2D eigenvalue weighted by atomic mass is 10.1. The predicted octanol–water partition coefficient (Wildman–Crippen LogP) is 7.08. The number of amides is 1. The minimum atomic E-state index is -4.35. The van der Waals surface area contributed by atoms with E-state index in [2.05, 4.69) is 31.9 Å². The summed E-state index contributed by atoms with van der Waals surface area (Å²) in [5.74, 6) is -1.07. The number of hydrogen-bond donors (Lipinski definition) is 0. The first-order valence-corrected chi connectivity index (χ1v) is 14.1. The zero-order chi connectivity index (χ0) is 26.7. The van der Waals surface area contributed by atoms with Crippen LogP contribution < -0.4 is 9.04 Å². The summed E-state index contributed by atoms with van der Waals surface area (Å²) in [4.78, 5) is 26.0. The number of rotatable bonds is 6. The average molecular weight is 643 g/mol. The summed E-state index contributed by atoms with van der Waals surface area (Å²) in [5, 5.41) is 0. The van der Waals surface area contributed by atoms with Gasteiger partial charge in [0.25, 0.3) is 15.9 Å². The normalized spacial score (nSPS) is 11.1. The van der Waals surface area contributed by atoms with Crippen LogP contribution in [0.2, 0.25) is 0 Å². The van der Waals surface area contributed by atoms with Gasteiger partial charge in [-0.3, -0.25) is 4.79 Å². The largest absolute Gasteiger partial charge is 0.423 e. The highest BCUT2D eigenvalue weighted by Gasteiger charge is 2.33. The molecule has 4 aromatic carbocycles. The highest BCUT2D eigenvalue weighted by atomic mass is 79.9. The molecule has 0 bridgehead atoms. The Morgan fingerprint density at radius 3 is 1.84 bits per heavy atom. The van der Waals surface area contributed by atoms with Crippen LogP contribution in [0.3, 0.4) is 0 Å². The monoisotopic (exact) mass is 641 g/mol. The third-order valence-corrected chi connectivity index (χ3v) is 8.66. The number of carbonyl (C=O) groups excluding carboxylic acids is 2. The molecule has 4 rings (SSSR count). The molecular weight excluding hydrogens is 622 g/mol. The van der Waals surface area contributed by atoms with Crippen LogP contribution in [0, 0.1) is 13.8 Å². The van der Waals surface area contributed by atoms with E-state index < -0.39 is 21.9 Å². The van der Waals surface area contributed by atoms with Gasteiger partial charge in [0.05, 0.1) is 11.3 Å². The van der Waals surface area contributed by atoms with Crippen molar-refractivity contribution in [3.05, 3.63) is 122 Å². The van der Waals surface area contributed by atoms with E-state index in [0.29, 0.717) is 14.5 Å². The first kappa shape index (κ1) is 26.8. The molecule has 0 radical (unpaired) electrons. The van der Waals surface area contributed by atoms with Gasteiger partial charge in [-0.25, -0.2) is 13.2 Å². The highest BCUT2D eigenvalue weighted by Crippen LogP contribution is 2.33. The van der Waals surface area contributed by atoms with Crippen molar-refractivity contribution in [1.82, 2.24) is 0 Å². The van der Waals surface area contributed by atoms with Crippen molar-refractivity contribution >= 4 is 59.4 Å². The molecule has 4 aromatic rings. The van der Waals surface area contributed by atoms with Crippen LogP contribution in [-0.4, -0.2) is 20.3 Å². The summed E-state index contributed by atoms with van der Waals surface area (Å²) >= 11 is 6.59. The van der Waals surface area contributed by atoms with Gasteiger partial charge in [-0.15, -0.1) is 0 Å². The molecule has 1 amide bonds. The van der Waals surface area contributed by atoms with Gasteiger partial charge in [0.1, 0.15) is 10.6 Å². The quantitative estimate of drug-likeness (QED) is 0.166. The van der Waals surface area contributed by atoms with Gasteiger partial charge >= 0.3 is 5.97 Å². The number of aryl methyl sites for hydroxylation is 2. The maximum atomic E-state index is 13.8. The summed E-state index contributed by atoms with van der Waals surface area (Å²) in [6.07, 6.45) is 0. The zero-order valence-corrected chi connectivity index (χ0v) is 23.8. The Bertz CT molecular complexity index is 1570. The molecule has 188 valence electrons. The van der Waals surface area contributed by atoms with E-state index in [9.17, 15) is 18.0 Å². The van der Waals surface area contributed by atoms with Crippen molar-refractivity contribution < 1.29 is 22.7 Å². The van der Waals surface area contributed by atoms with Crippen LogP contribution in [0.5, 0.6) is 5.75 Å². The Balaban J connectivity index is 1.72. The fourth-order valence-corrected chi connectivity index (χ4v) is 6.34. The number of nitrogens with zero attached hydrogens (tertiary/aromatic N) is 1. The molecule has 0 aliphatic rings. The predicted molar refractivity (Wildman–Crippen MR) is 150 cm³/mol. The van der Waals surface area contributed by atoms with Crippen LogP contribution in [0.4, 0.5) is 5.69 Å². The number of halogens is 2. The molecule has 0 atom stereocenters. The van der Waals surface area contributed by atoms with Crippen LogP contribution >= 0.6 is 31.9 Å². The van der Waals surface area contributed by atoms with Gasteiger partial charge in [0.2, 0.25) is 0 Å². The van der Waals surface area contributed by atoms with Crippen LogP contribution in [0.1, 0.15) is 31.8 Å². The molecule has 0 N–H and O–H groups in total. The van der Waals surface area contributed by atoms with Crippen molar-refractivity contribution in [2.24, 2.45) is 0 Å². The fourth-order valence-electron chi connectivity index (χ4n) is 3.46. The molecule has 0 fully saturated rings. The number of ether oxygens (including phenoxy) is 1. The van der Waals surface area contributed by atoms with Gasteiger partial charge in [-0.2, -0.15) is 4.31 Å². The summed E-state index contributed by atoms with van der Waals surface area (Å²) in [6, 6.07) is 24.0. The third-order valence-electron chi connectivity index (χ3n) is 5.46. The number of anilines is 1.